The largest absolute Gasteiger partial charge is 0.493 e. The second-order valence-electron chi connectivity index (χ2n) is 5.56. The molecule has 22 heavy (non-hydrogen) atoms. The van der Waals surface area contributed by atoms with E-state index in [1.807, 2.05) is 25.1 Å². The van der Waals surface area contributed by atoms with Gasteiger partial charge in [0.1, 0.15) is 5.75 Å². The molecule has 0 aromatic heterocycles. The van der Waals surface area contributed by atoms with Crippen LogP contribution in [0.1, 0.15) is 31.4 Å². The van der Waals surface area contributed by atoms with Crippen molar-refractivity contribution in [2.75, 3.05) is 12.4 Å². The summed E-state index contributed by atoms with van der Waals surface area (Å²) in [5.74, 6) is 1.78. The Morgan fingerprint density at radius 2 is 2.27 bits per heavy atom. The minimum Gasteiger partial charge on any atom is -0.493 e. The number of carbonyl (C=O) groups excluding carboxylic acids is 1. The second-order valence-corrected chi connectivity index (χ2v) is 6.52. The zero-order valence-electron chi connectivity index (χ0n) is 13.1. The van der Waals surface area contributed by atoms with Crippen LogP contribution in [0.4, 0.5) is 0 Å². The van der Waals surface area contributed by atoms with Crippen molar-refractivity contribution in [1.82, 2.24) is 5.32 Å². The van der Waals surface area contributed by atoms with Gasteiger partial charge in [-0.25, -0.2) is 0 Å². The third kappa shape index (κ3) is 5.18. The monoisotopic (exact) mass is 319 g/mol. The number of benzene rings is 1. The van der Waals surface area contributed by atoms with Crippen molar-refractivity contribution in [3.05, 3.63) is 29.3 Å². The van der Waals surface area contributed by atoms with E-state index in [0.29, 0.717) is 23.4 Å². The summed E-state index contributed by atoms with van der Waals surface area (Å²) in [5, 5.41) is 11.2. The molecule has 118 valence electrons. The Morgan fingerprint density at radius 1 is 1.45 bits per heavy atom. The highest BCUT2D eigenvalue weighted by molar-refractivity contribution is 8.15. The number of nitrogens with one attached hydrogen (secondary N) is 1. The second kappa shape index (κ2) is 7.98. The normalized spacial score (nSPS) is 16.7. The molecular weight excluding hydrogens is 298 g/mol. The van der Waals surface area contributed by atoms with Gasteiger partial charge in [0.25, 0.3) is 0 Å². The molecule has 1 N–H and O–H groups in total. The fourth-order valence-electron chi connectivity index (χ4n) is 1.83. The molecule has 0 saturated carbocycles. The van der Waals surface area contributed by atoms with Crippen molar-refractivity contribution in [3.8, 4) is 5.75 Å². The van der Waals surface area contributed by atoms with Gasteiger partial charge >= 0.3 is 0 Å². The quantitative estimate of drug-likeness (QED) is 0.647. The van der Waals surface area contributed by atoms with Gasteiger partial charge in [-0.05, 0) is 31.4 Å². The van der Waals surface area contributed by atoms with Gasteiger partial charge in [-0.1, -0.05) is 37.2 Å². The van der Waals surface area contributed by atoms with E-state index in [9.17, 15) is 4.79 Å². The van der Waals surface area contributed by atoms with Gasteiger partial charge in [-0.3, -0.25) is 4.79 Å². The van der Waals surface area contributed by atoms with Gasteiger partial charge in [0.15, 0.2) is 5.17 Å². The molecule has 1 aliphatic rings. The van der Waals surface area contributed by atoms with E-state index in [2.05, 4.69) is 29.4 Å². The van der Waals surface area contributed by atoms with Crippen LogP contribution in [0.3, 0.4) is 0 Å². The average molecular weight is 319 g/mol. The lowest BCUT2D eigenvalue weighted by molar-refractivity contribution is -0.116. The van der Waals surface area contributed by atoms with E-state index in [0.717, 1.165) is 23.3 Å². The minimum absolute atomic E-state index is 0.0350. The van der Waals surface area contributed by atoms with E-state index in [4.69, 9.17) is 4.74 Å². The molecule has 0 atom stereocenters. The van der Waals surface area contributed by atoms with Crippen molar-refractivity contribution < 1.29 is 9.53 Å². The lowest BCUT2D eigenvalue weighted by atomic mass is 10.1. The maximum atomic E-state index is 11.1. The lowest BCUT2D eigenvalue weighted by Gasteiger charge is -2.10. The zero-order valence-corrected chi connectivity index (χ0v) is 13.9. The van der Waals surface area contributed by atoms with Gasteiger partial charge in [0, 0.05) is 5.56 Å². The molecule has 1 aromatic carbocycles. The molecule has 0 radical (unpaired) electrons. The van der Waals surface area contributed by atoms with Crippen LogP contribution in [0.15, 0.2) is 28.4 Å². The molecule has 0 aliphatic carbocycles. The summed E-state index contributed by atoms with van der Waals surface area (Å²) in [4.78, 5) is 11.1. The fraction of sp³-hybridized carbons (Fsp3) is 0.438. The highest BCUT2D eigenvalue weighted by Crippen LogP contribution is 2.19. The number of aryl methyl sites for hydroxylation is 1. The zero-order chi connectivity index (χ0) is 15.9. The number of carbonyl (C=O) groups is 1. The SMILES string of the molecule is Cc1ccc(OCCC(C)C)c(C=NN=C2NC(=O)CS2)c1. The molecule has 1 fully saturated rings. The summed E-state index contributed by atoms with van der Waals surface area (Å²) in [6.07, 6.45) is 2.67. The van der Waals surface area contributed by atoms with Crippen molar-refractivity contribution in [1.29, 1.82) is 0 Å². The Kier molecular flexibility index (Phi) is 6.00. The van der Waals surface area contributed by atoms with Gasteiger partial charge in [0.2, 0.25) is 5.91 Å². The van der Waals surface area contributed by atoms with Gasteiger partial charge in [0.05, 0.1) is 18.6 Å². The van der Waals surface area contributed by atoms with Crippen molar-refractivity contribution in [3.63, 3.8) is 0 Å². The molecule has 0 spiro atoms. The molecule has 1 saturated heterocycles. The Labute approximate surface area is 135 Å². The first-order valence-electron chi connectivity index (χ1n) is 7.31. The molecule has 1 aliphatic heterocycles. The lowest BCUT2D eigenvalue weighted by Crippen LogP contribution is -2.19. The summed E-state index contributed by atoms with van der Waals surface area (Å²) >= 11 is 1.35. The smallest absolute Gasteiger partial charge is 0.236 e. The maximum absolute atomic E-state index is 11.1. The summed E-state index contributed by atoms with van der Waals surface area (Å²) in [6.45, 7) is 7.05. The predicted octanol–water partition coefficient (Wildman–Crippen LogP) is 2.97. The first kappa shape index (κ1) is 16.5. The Hall–Kier alpha value is -1.82. The Balaban J connectivity index is 2.04. The molecule has 2 rings (SSSR count). The van der Waals surface area contributed by atoms with Crippen LogP contribution in [0, 0.1) is 12.8 Å². The molecule has 1 heterocycles. The van der Waals surface area contributed by atoms with Crippen LogP contribution < -0.4 is 10.1 Å². The first-order valence-corrected chi connectivity index (χ1v) is 8.30. The fourth-order valence-corrected chi connectivity index (χ4v) is 2.46. The number of nitrogens with zero attached hydrogens (tertiary/aromatic N) is 2. The summed E-state index contributed by atoms with van der Waals surface area (Å²) in [7, 11) is 0. The van der Waals surface area contributed by atoms with Crippen LogP contribution >= 0.6 is 11.8 Å². The number of thioether (sulfide) groups is 1. The number of hydrogen-bond acceptors (Lipinski definition) is 5. The van der Waals surface area contributed by atoms with Gasteiger partial charge in [-0.15, -0.1) is 5.10 Å². The van der Waals surface area contributed by atoms with E-state index in [1.54, 1.807) is 6.21 Å². The third-order valence-electron chi connectivity index (χ3n) is 3.05. The molecule has 1 amide bonds. The maximum Gasteiger partial charge on any atom is 0.236 e. The number of rotatable bonds is 6. The van der Waals surface area contributed by atoms with Crippen LogP contribution in [-0.2, 0) is 4.79 Å². The van der Waals surface area contributed by atoms with Crippen LogP contribution in [0.2, 0.25) is 0 Å². The number of hydrogen-bond donors (Lipinski definition) is 1. The molecule has 0 unspecified atom stereocenters. The van der Waals surface area contributed by atoms with Crippen molar-refractivity contribution in [2.24, 2.45) is 16.1 Å². The number of ether oxygens (including phenoxy) is 1. The topological polar surface area (TPSA) is 63.1 Å². The highest BCUT2D eigenvalue weighted by Gasteiger charge is 2.15. The van der Waals surface area contributed by atoms with Crippen molar-refractivity contribution >= 4 is 29.1 Å². The molecule has 6 heteroatoms. The highest BCUT2D eigenvalue weighted by atomic mass is 32.2. The molecular formula is C16H21N3O2S. The van der Waals surface area contributed by atoms with E-state index < -0.39 is 0 Å². The first-order chi connectivity index (χ1) is 10.5. The van der Waals surface area contributed by atoms with E-state index in [1.165, 1.54) is 11.8 Å². The molecule has 5 nitrogen and oxygen atoms in total. The Bertz CT molecular complexity index is 597. The molecule has 1 aromatic rings. The van der Waals surface area contributed by atoms with Gasteiger partial charge < -0.3 is 10.1 Å². The molecule has 0 bridgehead atoms. The van der Waals surface area contributed by atoms with Crippen LogP contribution in [0.25, 0.3) is 0 Å². The average Bonchev–Trinajstić information content (AvgIpc) is 2.86. The predicted molar refractivity (Wildman–Crippen MR) is 91.8 cm³/mol. The minimum atomic E-state index is -0.0350. The standard InChI is InChI=1S/C16H21N3O2S/c1-11(2)6-7-21-14-5-4-12(3)8-13(14)9-17-19-16-18-15(20)10-22-16/h4-5,8-9,11H,6-7,10H2,1-3H3,(H,18,19,20). The number of amides is 1. The van der Waals surface area contributed by atoms with Gasteiger partial charge in [-0.2, -0.15) is 5.10 Å². The number of amidine groups is 1. The van der Waals surface area contributed by atoms with Crippen LogP contribution in [-0.4, -0.2) is 29.6 Å². The summed E-state index contributed by atoms with van der Waals surface area (Å²) in [6, 6.07) is 5.98. The van der Waals surface area contributed by atoms with Crippen molar-refractivity contribution in [2.45, 2.75) is 27.2 Å². The summed E-state index contributed by atoms with van der Waals surface area (Å²) in [5.41, 5.74) is 2.02. The summed E-state index contributed by atoms with van der Waals surface area (Å²) < 4.78 is 5.83. The van der Waals surface area contributed by atoms with E-state index in [-0.39, 0.29) is 5.91 Å². The van der Waals surface area contributed by atoms with Crippen LogP contribution in [0.5, 0.6) is 5.75 Å². The van der Waals surface area contributed by atoms with E-state index >= 15 is 0 Å². The Morgan fingerprint density at radius 3 is 2.95 bits per heavy atom. The third-order valence-corrected chi connectivity index (χ3v) is 3.91.